The van der Waals surface area contributed by atoms with Crippen LogP contribution in [0.2, 0.25) is 5.02 Å². The van der Waals surface area contributed by atoms with Gasteiger partial charge in [-0.3, -0.25) is 13.9 Å². The van der Waals surface area contributed by atoms with Crippen molar-refractivity contribution < 1.29 is 18.0 Å². The lowest BCUT2D eigenvalue weighted by Gasteiger charge is -2.32. The maximum atomic E-state index is 13.8. The van der Waals surface area contributed by atoms with Gasteiger partial charge in [-0.25, -0.2) is 8.42 Å². The van der Waals surface area contributed by atoms with Crippen molar-refractivity contribution in [2.45, 2.75) is 44.3 Å². The van der Waals surface area contributed by atoms with Gasteiger partial charge in [-0.15, -0.1) is 0 Å². The summed E-state index contributed by atoms with van der Waals surface area (Å²) in [7, 11) is -4.09. The molecule has 3 aromatic carbocycles. The number of carbonyl (C=O) groups is 2. The molecule has 37 heavy (non-hydrogen) atoms. The van der Waals surface area contributed by atoms with Crippen molar-refractivity contribution in [3.05, 3.63) is 93.9 Å². The Morgan fingerprint density at radius 2 is 1.59 bits per heavy atom. The van der Waals surface area contributed by atoms with Gasteiger partial charge in [0.1, 0.15) is 12.6 Å². The number of amides is 2. The zero-order chi connectivity index (χ0) is 27.2. The van der Waals surface area contributed by atoms with E-state index in [2.05, 4.69) is 21.2 Å². The molecule has 10 heteroatoms. The smallest absolute Gasteiger partial charge is 0.264 e. The Kier molecular flexibility index (Phi) is 9.75. The topological polar surface area (TPSA) is 86.8 Å². The van der Waals surface area contributed by atoms with Gasteiger partial charge in [-0.1, -0.05) is 57.9 Å². The van der Waals surface area contributed by atoms with Crippen molar-refractivity contribution in [2.24, 2.45) is 0 Å². The van der Waals surface area contributed by atoms with Crippen molar-refractivity contribution in [1.82, 2.24) is 10.2 Å². The van der Waals surface area contributed by atoms with Crippen molar-refractivity contribution in [1.29, 1.82) is 0 Å². The van der Waals surface area contributed by atoms with E-state index in [4.69, 9.17) is 11.6 Å². The molecule has 0 unspecified atom stereocenters. The minimum atomic E-state index is -4.09. The molecule has 2 amide bonds. The molecule has 196 valence electrons. The summed E-state index contributed by atoms with van der Waals surface area (Å²) in [6.45, 7) is 4.85. The Hall–Kier alpha value is -2.88. The van der Waals surface area contributed by atoms with Crippen LogP contribution in [0.4, 0.5) is 5.69 Å². The van der Waals surface area contributed by atoms with Gasteiger partial charge in [0.15, 0.2) is 0 Å². The number of anilines is 1. The van der Waals surface area contributed by atoms with E-state index in [9.17, 15) is 18.0 Å². The van der Waals surface area contributed by atoms with E-state index in [1.807, 2.05) is 13.8 Å². The summed E-state index contributed by atoms with van der Waals surface area (Å²) in [6, 6.07) is 20.6. The van der Waals surface area contributed by atoms with Crippen LogP contribution in [-0.4, -0.2) is 43.8 Å². The number of sulfonamides is 1. The monoisotopic (exact) mass is 605 g/mol. The summed E-state index contributed by atoms with van der Waals surface area (Å²) >= 11 is 9.51. The summed E-state index contributed by atoms with van der Waals surface area (Å²) in [5, 5.41) is 3.32. The first-order valence-corrected chi connectivity index (χ1v) is 14.3. The largest absolute Gasteiger partial charge is 0.352 e. The van der Waals surface area contributed by atoms with Gasteiger partial charge in [0, 0.05) is 22.1 Å². The maximum Gasteiger partial charge on any atom is 0.264 e. The molecule has 0 bridgehead atoms. The molecule has 0 aliphatic heterocycles. The molecule has 1 N–H and O–H groups in total. The second-order valence-electron chi connectivity index (χ2n) is 8.79. The summed E-state index contributed by atoms with van der Waals surface area (Å²) in [5.41, 5.74) is 1.04. The van der Waals surface area contributed by atoms with Crippen LogP contribution in [0.25, 0.3) is 0 Å². The third kappa shape index (κ3) is 7.56. The number of carbonyl (C=O) groups excluding carboxylic acids is 2. The van der Waals surface area contributed by atoms with Gasteiger partial charge in [0.2, 0.25) is 11.8 Å². The quantitative estimate of drug-likeness (QED) is 0.342. The zero-order valence-corrected chi connectivity index (χ0v) is 23.9. The van der Waals surface area contributed by atoms with E-state index >= 15 is 0 Å². The Morgan fingerprint density at radius 3 is 2.19 bits per heavy atom. The zero-order valence-electron chi connectivity index (χ0n) is 20.8. The molecule has 0 spiro atoms. The first-order chi connectivity index (χ1) is 17.5. The van der Waals surface area contributed by atoms with Gasteiger partial charge in [-0.2, -0.15) is 0 Å². The lowest BCUT2D eigenvalue weighted by molar-refractivity contribution is -0.139. The number of nitrogens with zero attached hydrogens (tertiary/aromatic N) is 2. The van der Waals surface area contributed by atoms with Crippen LogP contribution in [0.1, 0.15) is 26.3 Å². The highest BCUT2D eigenvalue weighted by atomic mass is 79.9. The Bertz CT molecular complexity index is 1340. The first kappa shape index (κ1) is 28.7. The minimum Gasteiger partial charge on any atom is -0.352 e. The molecule has 0 aromatic heterocycles. The highest BCUT2D eigenvalue weighted by Gasteiger charge is 2.32. The first-order valence-electron chi connectivity index (χ1n) is 11.7. The highest BCUT2D eigenvalue weighted by Crippen LogP contribution is 2.26. The summed E-state index contributed by atoms with van der Waals surface area (Å²) < 4.78 is 29.2. The highest BCUT2D eigenvalue weighted by molar-refractivity contribution is 9.10. The fourth-order valence-corrected chi connectivity index (χ4v) is 5.59. The second kappa shape index (κ2) is 12.6. The Balaban J connectivity index is 2.01. The summed E-state index contributed by atoms with van der Waals surface area (Å²) in [6.07, 6.45) is 0. The van der Waals surface area contributed by atoms with E-state index in [-0.39, 0.29) is 23.4 Å². The molecule has 1 atom stereocenters. The Labute approximate surface area is 231 Å². The third-order valence-corrected chi connectivity index (χ3v) is 8.12. The Morgan fingerprint density at radius 1 is 0.946 bits per heavy atom. The van der Waals surface area contributed by atoms with E-state index < -0.39 is 28.5 Å². The van der Waals surface area contributed by atoms with Gasteiger partial charge in [0.05, 0.1) is 10.6 Å². The fourth-order valence-electron chi connectivity index (χ4n) is 3.68. The van der Waals surface area contributed by atoms with Crippen LogP contribution in [0.5, 0.6) is 0 Å². The summed E-state index contributed by atoms with van der Waals surface area (Å²) in [5.74, 6) is -0.875. The minimum absolute atomic E-state index is 0.0534. The third-order valence-electron chi connectivity index (χ3n) is 5.56. The van der Waals surface area contributed by atoms with Crippen LogP contribution in [0, 0.1) is 0 Å². The van der Waals surface area contributed by atoms with E-state index in [1.165, 1.54) is 17.0 Å². The lowest BCUT2D eigenvalue weighted by atomic mass is 10.1. The van der Waals surface area contributed by atoms with Crippen LogP contribution >= 0.6 is 27.5 Å². The van der Waals surface area contributed by atoms with Crippen LogP contribution in [0.3, 0.4) is 0 Å². The number of hydrogen-bond acceptors (Lipinski definition) is 4. The molecule has 0 saturated heterocycles. The molecule has 7 nitrogen and oxygen atoms in total. The normalized spacial score (nSPS) is 12.2. The standard InChI is InChI=1S/C27H29BrClN3O4S/c1-19(2)30-27(34)20(3)31(17-21-8-7-9-23(29)16-21)26(33)18-32(24-14-12-22(28)13-15-24)37(35,36)25-10-5-4-6-11-25/h4-16,19-20H,17-18H2,1-3H3,(H,30,34)/t20-/m0/s1. The SMILES string of the molecule is CC(C)NC(=O)[C@H](C)N(Cc1cccc(Cl)c1)C(=O)CN(c1ccc(Br)cc1)S(=O)(=O)c1ccccc1. The van der Waals surface area contributed by atoms with E-state index in [0.717, 1.165) is 8.78 Å². The number of rotatable bonds is 10. The van der Waals surface area contributed by atoms with Crippen LogP contribution < -0.4 is 9.62 Å². The van der Waals surface area contributed by atoms with Gasteiger partial charge < -0.3 is 10.2 Å². The number of halogens is 2. The number of hydrogen-bond donors (Lipinski definition) is 1. The average Bonchev–Trinajstić information content (AvgIpc) is 2.86. The molecule has 3 aromatic rings. The van der Waals surface area contributed by atoms with E-state index in [1.54, 1.807) is 73.7 Å². The van der Waals surface area contributed by atoms with Crippen molar-refractivity contribution in [3.8, 4) is 0 Å². The van der Waals surface area contributed by atoms with Gasteiger partial charge in [0.25, 0.3) is 10.0 Å². The molecular formula is C27H29BrClN3O4S. The van der Waals surface area contributed by atoms with Gasteiger partial charge >= 0.3 is 0 Å². The fraction of sp³-hybridized carbons (Fsp3) is 0.259. The number of benzene rings is 3. The van der Waals surface area contributed by atoms with Crippen molar-refractivity contribution in [3.63, 3.8) is 0 Å². The van der Waals surface area contributed by atoms with Crippen molar-refractivity contribution >= 4 is 55.1 Å². The molecule has 0 aliphatic carbocycles. The maximum absolute atomic E-state index is 13.8. The molecule has 0 fully saturated rings. The molecule has 0 radical (unpaired) electrons. The van der Waals surface area contributed by atoms with Crippen LogP contribution in [-0.2, 0) is 26.2 Å². The van der Waals surface area contributed by atoms with Crippen molar-refractivity contribution in [2.75, 3.05) is 10.8 Å². The summed E-state index contributed by atoms with van der Waals surface area (Å²) in [4.78, 5) is 28.1. The number of nitrogens with one attached hydrogen (secondary N) is 1. The lowest BCUT2D eigenvalue weighted by Crippen LogP contribution is -2.52. The molecule has 0 aliphatic rings. The average molecular weight is 607 g/mol. The predicted molar refractivity (Wildman–Crippen MR) is 150 cm³/mol. The predicted octanol–water partition coefficient (Wildman–Crippen LogP) is 5.24. The van der Waals surface area contributed by atoms with Crippen LogP contribution in [0.15, 0.2) is 88.2 Å². The second-order valence-corrected chi connectivity index (χ2v) is 12.0. The molecule has 3 rings (SSSR count). The van der Waals surface area contributed by atoms with E-state index in [0.29, 0.717) is 16.3 Å². The molecule has 0 heterocycles. The molecular weight excluding hydrogens is 578 g/mol. The molecule has 0 saturated carbocycles. The van der Waals surface area contributed by atoms with Gasteiger partial charge in [-0.05, 0) is 74.9 Å².